The quantitative estimate of drug-likeness (QED) is 0.485. The van der Waals surface area contributed by atoms with Crippen LogP contribution in [0.5, 0.6) is 0 Å². The molecule has 2 aliphatic rings. The lowest BCUT2D eigenvalue weighted by molar-refractivity contribution is -0.131. The second-order valence-corrected chi connectivity index (χ2v) is 12.1. The Morgan fingerprint density at radius 3 is 2.47 bits per heavy atom. The number of aliphatic carboxylic acids is 1. The topological polar surface area (TPSA) is 141 Å². The SMILES string of the molecule is Cc1cncc(S(=O)(=O)N2CCC(CN(C(=O)C3CCC(O)CC3)c3cc(C=CC(=O)O)ccn3)CC2)c1. The molecule has 2 N–H and O–H groups in total. The van der Waals surface area contributed by atoms with Gasteiger partial charge in [0.05, 0.1) is 6.10 Å². The first-order valence-electron chi connectivity index (χ1n) is 12.9. The Labute approximate surface area is 223 Å². The number of pyridine rings is 2. The summed E-state index contributed by atoms with van der Waals surface area (Å²) in [6.07, 6.45) is 10.1. The lowest BCUT2D eigenvalue weighted by atomic mass is 9.86. The minimum atomic E-state index is -3.65. The average Bonchev–Trinajstić information content (AvgIpc) is 2.91. The molecule has 0 atom stereocenters. The molecule has 1 aliphatic carbocycles. The van der Waals surface area contributed by atoms with Crippen LogP contribution in [0.4, 0.5) is 5.82 Å². The molecule has 204 valence electrons. The molecule has 4 rings (SSSR count). The lowest BCUT2D eigenvalue weighted by Crippen LogP contribution is -2.45. The highest BCUT2D eigenvalue weighted by Gasteiger charge is 2.34. The van der Waals surface area contributed by atoms with Gasteiger partial charge in [0.25, 0.3) is 0 Å². The van der Waals surface area contributed by atoms with Crippen molar-refractivity contribution in [3.05, 3.63) is 54.0 Å². The number of hydrogen-bond donors (Lipinski definition) is 2. The molecule has 2 aromatic heterocycles. The largest absolute Gasteiger partial charge is 0.478 e. The number of sulfonamides is 1. The standard InChI is InChI=1S/C27H34N4O6S/c1-19-14-24(17-28-16-19)38(36,37)30-12-9-21(10-13-30)18-31(27(35)22-3-5-23(32)6-4-22)25-15-20(8-11-29-25)2-7-26(33)34/h2,7-8,11,14-17,21-23,32H,3-6,9-10,12-13,18H2,1H3,(H,33,34). The third-order valence-electron chi connectivity index (χ3n) is 7.28. The molecule has 1 aliphatic heterocycles. The Morgan fingerprint density at radius 2 is 1.82 bits per heavy atom. The van der Waals surface area contributed by atoms with Gasteiger partial charge >= 0.3 is 5.97 Å². The van der Waals surface area contributed by atoms with Crippen LogP contribution in [0, 0.1) is 18.8 Å². The van der Waals surface area contributed by atoms with Crippen molar-refractivity contribution < 1.29 is 28.2 Å². The van der Waals surface area contributed by atoms with Crippen molar-refractivity contribution in [3.63, 3.8) is 0 Å². The maximum Gasteiger partial charge on any atom is 0.328 e. The number of carbonyl (C=O) groups is 2. The van der Waals surface area contributed by atoms with Crippen molar-refractivity contribution in [2.24, 2.45) is 11.8 Å². The highest BCUT2D eigenvalue weighted by molar-refractivity contribution is 7.89. The highest BCUT2D eigenvalue weighted by atomic mass is 32.2. The molecule has 0 bridgehead atoms. The van der Waals surface area contributed by atoms with Gasteiger partial charge in [0.15, 0.2) is 0 Å². The van der Waals surface area contributed by atoms with Crippen molar-refractivity contribution in [3.8, 4) is 0 Å². The zero-order valence-electron chi connectivity index (χ0n) is 21.4. The molecule has 0 aromatic carbocycles. The van der Waals surface area contributed by atoms with E-state index in [9.17, 15) is 23.1 Å². The number of anilines is 1. The zero-order chi connectivity index (χ0) is 27.3. The van der Waals surface area contributed by atoms with E-state index in [0.717, 1.165) is 11.6 Å². The van der Waals surface area contributed by atoms with Crippen molar-refractivity contribution >= 4 is 33.8 Å². The molecule has 1 saturated carbocycles. The molecule has 38 heavy (non-hydrogen) atoms. The fraction of sp³-hybridized carbons (Fsp3) is 0.481. The van der Waals surface area contributed by atoms with Crippen LogP contribution in [0.15, 0.2) is 47.8 Å². The molecular formula is C27H34N4O6S. The minimum Gasteiger partial charge on any atom is -0.478 e. The summed E-state index contributed by atoms with van der Waals surface area (Å²) in [6, 6.07) is 4.98. The number of aryl methyl sites for hydroxylation is 1. The van der Waals surface area contributed by atoms with Crippen molar-refractivity contribution in [2.45, 2.75) is 56.4 Å². The summed E-state index contributed by atoms with van der Waals surface area (Å²) < 4.78 is 27.7. The number of carboxylic acids is 1. The molecule has 1 amide bonds. The Hall–Kier alpha value is -3.15. The smallest absolute Gasteiger partial charge is 0.328 e. The van der Waals surface area contributed by atoms with Gasteiger partial charge < -0.3 is 10.2 Å². The molecule has 2 aromatic rings. The molecule has 0 spiro atoms. The van der Waals surface area contributed by atoms with Gasteiger partial charge in [-0.05, 0) is 86.8 Å². The van der Waals surface area contributed by atoms with Gasteiger partial charge in [-0.15, -0.1) is 0 Å². The number of aliphatic hydroxyl groups excluding tert-OH is 1. The van der Waals surface area contributed by atoms with Gasteiger partial charge in [-0.2, -0.15) is 4.31 Å². The number of amides is 1. The Bertz CT molecular complexity index is 1280. The van der Waals surface area contributed by atoms with E-state index in [2.05, 4.69) is 9.97 Å². The van der Waals surface area contributed by atoms with Crippen LogP contribution in [-0.2, 0) is 19.6 Å². The normalized spacial score (nSPS) is 21.4. The second-order valence-electron chi connectivity index (χ2n) is 10.1. The van der Waals surface area contributed by atoms with E-state index in [1.54, 1.807) is 42.4 Å². The summed E-state index contributed by atoms with van der Waals surface area (Å²) in [5.74, 6) is -0.859. The number of aliphatic hydroxyl groups is 1. The fourth-order valence-electron chi connectivity index (χ4n) is 5.10. The van der Waals surface area contributed by atoms with E-state index in [1.165, 1.54) is 16.6 Å². The summed E-state index contributed by atoms with van der Waals surface area (Å²) in [5, 5.41) is 18.9. The van der Waals surface area contributed by atoms with Crippen LogP contribution < -0.4 is 4.90 Å². The van der Waals surface area contributed by atoms with Crippen molar-refractivity contribution in [1.29, 1.82) is 0 Å². The molecule has 10 nitrogen and oxygen atoms in total. The van der Waals surface area contributed by atoms with Crippen LogP contribution in [0.3, 0.4) is 0 Å². The molecule has 3 heterocycles. The summed E-state index contributed by atoms with van der Waals surface area (Å²) in [7, 11) is -3.65. The maximum atomic E-state index is 13.7. The van der Waals surface area contributed by atoms with E-state index < -0.39 is 16.0 Å². The predicted molar refractivity (Wildman–Crippen MR) is 142 cm³/mol. The third-order valence-corrected chi connectivity index (χ3v) is 9.14. The van der Waals surface area contributed by atoms with Crippen LogP contribution in [0.25, 0.3) is 6.08 Å². The molecule has 0 unspecified atom stereocenters. The number of carbonyl (C=O) groups excluding carboxylic acids is 1. The average molecular weight is 543 g/mol. The maximum absolute atomic E-state index is 13.7. The van der Waals surface area contributed by atoms with Gasteiger partial charge in [0.2, 0.25) is 15.9 Å². The Kier molecular flexibility index (Phi) is 8.91. The van der Waals surface area contributed by atoms with E-state index in [4.69, 9.17) is 5.11 Å². The van der Waals surface area contributed by atoms with E-state index in [-0.39, 0.29) is 28.7 Å². The number of hydrogen-bond acceptors (Lipinski definition) is 7. The fourth-order valence-corrected chi connectivity index (χ4v) is 6.62. The number of piperidine rings is 1. The van der Waals surface area contributed by atoms with Crippen LogP contribution >= 0.6 is 0 Å². The van der Waals surface area contributed by atoms with Crippen LogP contribution in [-0.4, -0.2) is 70.5 Å². The van der Waals surface area contributed by atoms with Gasteiger partial charge in [-0.3, -0.25) is 14.7 Å². The molecule has 2 fully saturated rings. The van der Waals surface area contributed by atoms with Gasteiger partial charge in [-0.1, -0.05) is 0 Å². The Morgan fingerprint density at radius 1 is 1.11 bits per heavy atom. The number of aromatic nitrogens is 2. The first kappa shape index (κ1) is 27.9. The van der Waals surface area contributed by atoms with Crippen molar-refractivity contribution in [1.82, 2.24) is 14.3 Å². The summed E-state index contributed by atoms with van der Waals surface area (Å²) in [5.41, 5.74) is 1.39. The van der Waals surface area contributed by atoms with E-state index >= 15 is 0 Å². The Balaban J connectivity index is 1.50. The lowest BCUT2D eigenvalue weighted by Gasteiger charge is -2.36. The first-order valence-corrected chi connectivity index (χ1v) is 14.4. The summed E-state index contributed by atoms with van der Waals surface area (Å²) >= 11 is 0. The zero-order valence-corrected chi connectivity index (χ0v) is 22.3. The number of carboxylic acid groups (broad SMARTS) is 1. The van der Waals surface area contributed by atoms with E-state index in [0.29, 0.717) is 69.5 Å². The van der Waals surface area contributed by atoms with Crippen LogP contribution in [0.2, 0.25) is 0 Å². The monoisotopic (exact) mass is 542 g/mol. The van der Waals surface area contributed by atoms with Crippen molar-refractivity contribution in [2.75, 3.05) is 24.5 Å². The summed E-state index contributed by atoms with van der Waals surface area (Å²) in [6.45, 7) is 2.87. The minimum absolute atomic E-state index is 0.0650. The molecular weight excluding hydrogens is 508 g/mol. The van der Waals surface area contributed by atoms with Crippen LogP contribution in [0.1, 0.15) is 49.7 Å². The first-order chi connectivity index (χ1) is 18.1. The van der Waals surface area contributed by atoms with Gasteiger partial charge in [-0.25, -0.2) is 18.2 Å². The molecule has 11 heteroatoms. The van der Waals surface area contributed by atoms with E-state index in [1.807, 2.05) is 0 Å². The number of nitrogens with zero attached hydrogens (tertiary/aromatic N) is 4. The molecule has 0 radical (unpaired) electrons. The number of rotatable bonds is 8. The highest BCUT2D eigenvalue weighted by Crippen LogP contribution is 2.30. The van der Waals surface area contributed by atoms with Gasteiger partial charge in [0, 0.05) is 50.2 Å². The molecule has 1 saturated heterocycles. The third kappa shape index (κ3) is 6.83. The second kappa shape index (κ2) is 12.1. The van der Waals surface area contributed by atoms with Gasteiger partial charge in [0.1, 0.15) is 10.7 Å². The summed E-state index contributed by atoms with van der Waals surface area (Å²) in [4.78, 5) is 34.9. The predicted octanol–water partition coefficient (Wildman–Crippen LogP) is 2.87.